The summed E-state index contributed by atoms with van der Waals surface area (Å²) in [7, 11) is 0. The summed E-state index contributed by atoms with van der Waals surface area (Å²) in [5.74, 6) is 0. The zero-order valence-corrected chi connectivity index (χ0v) is 12.1. The van der Waals surface area contributed by atoms with Crippen LogP contribution in [0.4, 0.5) is 18.9 Å². The van der Waals surface area contributed by atoms with E-state index in [-0.39, 0.29) is 5.56 Å². The summed E-state index contributed by atoms with van der Waals surface area (Å²) in [5.41, 5.74) is 0.00308. The van der Waals surface area contributed by atoms with Crippen molar-refractivity contribution in [2.24, 2.45) is 0 Å². The first kappa shape index (κ1) is 15.7. The molecule has 1 aromatic rings. The van der Waals surface area contributed by atoms with Gasteiger partial charge in [-0.3, -0.25) is 0 Å². The number of nitriles is 1. The second kappa shape index (κ2) is 6.38. The number of benzene rings is 1. The lowest BCUT2D eigenvalue weighted by atomic mass is 9.96. The second-order valence-corrected chi connectivity index (χ2v) is 5.47. The Morgan fingerprint density at radius 3 is 2.71 bits per heavy atom. The minimum absolute atomic E-state index is 0.118. The lowest BCUT2D eigenvalue weighted by molar-refractivity contribution is -0.137. The van der Waals surface area contributed by atoms with Gasteiger partial charge in [-0.25, -0.2) is 0 Å². The molecule has 0 aromatic heterocycles. The van der Waals surface area contributed by atoms with E-state index in [0.29, 0.717) is 11.7 Å². The van der Waals surface area contributed by atoms with Crippen LogP contribution >= 0.6 is 0 Å². The molecule has 1 saturated heterocycles. The van der Waals surface area contributed by atoms with Crippen LogP contribution in [0.3, 0.4) is 0 Å². The van der Waals surface area contributed by atoms with Crippen molar-refractivity contribution in [3.8, 4) is 6.07 Å². The van der Waals surface area contributed by atoms with Crippen molar-refractivity contribution in [3.05, 3.63) is 29.3 Å². The summed E-state index contributed by atoms with van der Waals surface area (Å²) in [6.07, 6.45) is 0.833. The standard InChI is InChI=1S/C16H19F3N2/c1-2-5-14-6-3-4-9-21(14)15-8-7-13(16(17,18)19)10-12(15)11-20/h7-8,10,14H,2-6,9H2,1H3. The van der Waals surface area contributed by atoms with Gasteiger partial charge in [0.05, 0.1) is 16.8 Å². The van der Waals surface area contributed by atoms with Crippen LogP contribution in [-0.2, 0) is 6.18 Å². The summed E-state index contributed by atoms with van der Waals surface area (Å²) in [6, 6.07) is 5.75. The zero-order valence-electron chi connectivity index (χ0n) is 12.1. The van der Waals surface area contributed by atoms with Crippen molar-refractivity contribution in [1.29, 1.82) is 5.26 Å². The van der Waals surface area contributed by atoms with Crippen molar-refractivity contribution in [1.82, 2.24) is 0 Å². The molecule has 0 spiro atoms. The molecule has 2 rings (SSSR count). The first-order valence-electron chi connectivity index (χ1n) is 7.35. The summed E-state index contributed by atoms with van der Waals surface area (Å²) in [4.78, 5) is 2.12. The molecule has 21 heavy (non-hydrogen) atoms. The molecule has 2 nitrogen and oxygen atoms in total. The summed E-state index contributed by atoms with van der Waals surface area (Å²) < 4.78 is 38.3. The highest BCUT2D eigenvalue weighted by Gasteiger charge is 2.32. The molecular weight excluding hydrogens is 277 g/mol. The molecule has 0 amide bonds. The van der Waals surface area contributed by atoms with E-state index in [1.54, 1.807) is 0 Å². The lowest BCUT2D eigenvalue weighted by Crippen LogP contribution is -2.40. The largest absolute Gasteiger partial charge is 0.416 e. The van der Waals surface area contributed by atoms with Crippen LogP contribution in [0.1, 0.15) is 50.2 Å². The number of rotatable bonds is 3. The van der Waals surface area contributed by atoms with Crippen LogP contribution in [0.25, 0.3) is 0 Å². The van der Waals surface area contributed by atoms with Crippen molar-refractivity contribution >= 4 is 5.69 Å². The quantitative estimate of drug-likeness (QED) is 0.805. The van der Waals surface area contributed by atoms with Gasteiger partial charge in [-0.1, -0.05) is 13.3 Å². The van der Waals surface area contributed by atoms with E-state index in [1.165, 1.54) is 6.07 Å². The van der Waals surface area contributed by atoms with Crippen molar-refractivity contribution in [2.45, 2.75) is 51.2 Å². The molecule has 0 N–H and O–H groups in total. The number of anilines is 1. The van der Waals surface area contributed by atoms with Gasteiger partial charge in [0, 0.05) is 12.6 Å². The fraction of sp³-hybridized carbons (Fsp3) is 0.562. The van der Waals surface area contributed by atoms with Crippen molar-refractivity contribution in [2.75, 3.05) is 11.4 Å². The molecule has 0 aliphatic carbocycles. The number of alkyl halides is 3. The average Bonchev–Trinajstić information content (AvgIpc) is 2.46. The normalized spacial score (nSPS) is 19.4. The van der Waals surface area contributed by atoms with E-state index < -0.39 is 11.7 Å². The van der Waals surface area contributed by atoms with E-state index in [9.17, 15) is 18.4 Å². The Morgan fingerprint density at radius 2 is 2.10 bits per heavy atom. The molecule has 5 heteroatoms. The maximum Gasteiger partial charge on any atom is 0.416 e. The topological polar surface area (TPSA) is 27.0 Å². The lowest BCUT2D eigenvalue weighted by Gasteiger charge is -2.38. The van der Waals surface area contributed by atoms with Crippen molar-refractivity contribution < 1.29 is 13.2 Å². The van der Waals surface area contributed by atoms with Crippen LogP contribution in [-0.4, -0.2) is 12.6 Å². The Morgan fingerprint density at radius 1 is 1.33 bits per heavy atom. The third kappa shape index (κ3) is 3.49. The molecule has 1 unspecified atom stereocenters. The predicted octanol–water partition coefficient (Wildman–Crippen LogP) is 4.74. The summed E-state index contributed by atoms with van der Waals surface area (Å²) in [5, 5.41) is 9.21. The Hall–Kier alpha value is -1.70. The van der Waals surface area contributed by atoms with Gasteiger partial charge in [0.2, 0.25) is 0 Å². The highest BCUT2D eigenvalue weighted by Crippen LogP contribution is 2.35. The molecule has 114 valence electrons. The molecular formula is C16H19F3N2. The van der Waals surface area contributed by atoms with E-state index in [2.05, 4.69) is 11.8 Å². The van der Waals surface area contributed by atoms with Gasteiger partial charge in [-0.05, 0) is 43.9 Å². The average molecular weight is 296 g/mol. The number of hydrogen-bond donors (Lipinski definition) is 0. The third-order valence-electron chi connectivity index (χ3n) is 4.00. The second-order valence-electron chi connectivity index (χ2n) is 5.47. The number of hydrogen-bond acceptors (Lipinski definition) is 2. The number of halogens is 3. The van der Waals surface area contributed by atoms with Gasteiger partial charge in [-0.15, -0.1) is 0 Å². The molecule has 1 aromatic carbocycles. The van der Waals surface area contributed by atoms with Gasteiger partial charge in [0.15, 0.2) is 0 Å². The van der Waals surface area contributed by atoms with Crippen LogP contribution in [0.5, 0.6) is 0 Å². The maximum atomic E-state index is 12.8. The molecule has 0 radical (unpaired) electrons. The third-order valence-corrected chi connectivity index (χ3v) is 4.00. The minimum atomic E-state index is -4.41. The Kier molecular flexibility index (Phi) is 4.76. The predicted molar refractivity (Wildman–Crippen MR) is 76.1 cm³/mol. The molecule has 1 fully saturated rings. The molecule has 0 bridgehead atoms. The Balaban J connectivity index is 2.36. The highest BCUT2D eigenvalue weighted by atomic mass is 19.4. The molecule has 1 atom stereocenters. The number of nitrogens with zero attached hydrogens (tertiary/aromatic N) is 2. The van der Waals surface area contributed by atoms with Crippen LogP contribution in [0, 0.1) is 11.3 Å². The van der Waals surface area contributed by atoms with E-state index >= 15 is 0 Å². The molecule has 1 aliphatic rings. The number of piperidine rings is 1. The van der Waals surface area contributed by atoms with Gasteiger partial charge in [0.1, 0.15) is 6.07 Å². The SMILES string of the molecule is CCCC1CCCCN1c1ccc(C(F)(F)F)cc1C#N. The summed E-state index contributed by atoms with van der Waals surface area (Å²) >= 11 is 0. The first-order chi connectivity index (χ1) is 9.97. The minimum Gasteiger partial charge on any atom is -0.367 e. The molecule has 0 saturated carbocycles. The van der Waals surface area contributed by atoms with E-state index in [4.69, 9.17) is 0 Å². The first-order valence-corrected chi connectivity index (χ1v) is 7.35. The van der Waals surface area contributed by atoms with Crippen LogP contribution in [0.15, 0.2) is 18.2 Å². The molecule has 1 aliphatic heterocycles. The van der Waals surface area contributed by atoms with Gasteiger partial charge >= 0.3 is 6.18 Å². The Labute approximate surface area is 123 Å². The van der Waals surface area contributed by atoms with Crippen molar-refractivity contribution in [3.63, 3.8) is 0 Å². The maximum absolute atomic E-state index is 12.8. The van der Waals surface area contributed by atoms with Crippen LogP contribution < -0.4 is 4.90 Å². The zero-order chi connectivity index (χ0) is 15.5. The fourth-order valence-corrected chi connectivity index (χ4v) is 3.00. The fourth-order valence-electron chi connectivity index (χ4n) is 3.00. The smallest absolute Gasteiger partial charge is 0.367 e. The summed E-state index contributed by atoms with van der Waals surface area (Å²) in [6.45, 7) is 2.91. The van der Waals surface area contributed by atoms with E-state index in [0.717, 1.165) is 50.8 Å². The van der Waals surface area contributed by atoms with E-state index in [1.807, 2.05) is 6.07 Å². The van der Waals surface area contributed by atoms with Crippen LogP contribution in [0.2, 0.25) is 0 Å². The molecule has 1 heterocycles. The van der Waals surface area contributed by atoms with Gasteiger partial charge in [-0.2, -0.15) is 18.4 Å². The van der Waals surface area contributed by atoms with Gasteiger partial charge in [0.25, 0.3) is 0 Å². The van der Waals surface area contributed by atoms with Gasteiger partial charge < -0.3 is 4.90 Å². The highest BCUT2D eigenvalue weighted by molar-refractivity contribution is 5.61. The monoisotopic (exact) mass is 296 g/mol. The Bertz CT molecular complexity index is 529.